The first kappa shape index (κ1) is 13.5. The number of hydrogen-bond acceptors (Lipinski definition) is 2. The first-order valence-corrected chi connectivity index (χ1v) is 8.52. The van der Waals surface area contributed by atoms with Crippen LogP contribution in [0, 0.1) is 3.57 Å². The van der Waals surface area contributed by atoms with Crippen molar-refractivity contribution < 1.29 is 0 Å². The van der Waals surface area contributed by atoms with Gasteiger partial charge < -0.3 is 5.73 Å². The van der Waals surface area contributed by atoms with Gasteiger partial charge in [-0.15, -0.1) is 11.8 Å². The van der Waals surface area contributed by atoms with Crippen LogP contribution in [0.3, 0.4) is 0 Å². The molecule has 0 aromatic heterocycles. The molecule has 1 nitrogen and oxygen atoms in total. The summed E-state index contributed by atoms with van der Waals surface area (Å²) in [5.41, 5.74) is 9.22. The third-order valence-electron chi connectivity index (χ3n) is 3.64. The van der Waals surface area contributed by atoms with Gasteiger partial charge in [0.15, 0.2) is 0 Å². The molecule has 0 spiro atoms. The van der Waals surface area contributed by atoms with Gasteiger partial charge in [0.05, 0.1) is 0 Å². The van der Waals surface area contributed by atoms with E-state index in [1.54, 1.807) is 0 Å². The van der Waals surface area contributed by atoms with E-state index in [2.05, 4.69) is 71.1 Å². The zero-order valence-corrected chi connectivity index (χ0v) is 13.5. The maximum absolute atomic E-state index is 6.45. The van der Waals surface area contributed by atoms with Crippen LogP contribution < -0.4 is 5.73 Å². The number of halogens is 1. The predicted octanol–water partition coefficient (Wildman–Crippen LogP) is 4.05. The van der Waals surface area contributed by atoms with Gasteiger partial charge >= 0.3 is 0 Å². The molecule has 0 saturated carbocycles. The lowest BCUT2D eigenvalue weighted by Gasteiger charge is -2.19. The number of thioether (sulfide) groups is 1. The molecule has 3 heteroatoms. The number of fused-ring (bicyclic) bond motifs is 1. The summed E-state index contributed by atoms with van der Waals surface area (Å²) >= 11 is 4.27. The Hall–Kier alpha value is -0.520. The average molecular weight is 381 g/mol. The lowest BCUT2D eigenvalue weighted by atomic mass is 9.90. The largest absolute Gasteiger partial charge is 0.327 e. The highest BCUT2D eigenvalue weighted by Crippen LogP contribution is 2.41. The molecule has 0 saturated heterocycles. The molecule has 3 rings (SSSR count). The van der Waals surface area contributed by atoms with Crippen LogP contribution in [0.15, 0.2) is 53.4 Å². The van der Waals surface area contributed by atoms with Gasteiger partial charge in [0.25, 0.3) is 0 Å². The smallest absolute Gasteiger partial charge is 0.0157 e. The minimum absolute atomic E-state index is 0.205. The van der Waals surface area contributed by atoms with Crippen molar-refractivity contribution in [3.05, 3.63) is 63.2 Å². The van der Waals surface area contributed by atoms with Crippen molar-refractivity contribution in [1.82, 2.24) is 0 Å². The number of hydrogen-bond donors (Lipinski definition) is 1. The zero-order valence-electron chi connectivity index (χ0n) is 10.6. The van der Waals surface area contributed by atoms with E-state index in [1.807, 2.05) is 11.8 Å². The van der Waals surface area contributed by atoms with Crippen molar-refractivity contribution in [3.8, 4) is 0 Å². The molecule has 98 valence electrons. The molecule has 1 aliphatic heterocycles. The topological polar surface area (TPSA) is 26.0 Å². The molecule has 1 aliphatic rings. The molecule has 1 heterocycles. The Kier molecular flexibility index (Phi) is 4.15. The predicted molar refractivity (Wildman–Crippen MR) is 90.7 cm³/mol. The molecule has 2 unspecified atom stereocenters. The molecular weight excluding hydrogens is 365 g/mol. The monoisotopic (exact) mass is 381 g/mol. The summed E-state index contributed by atoms with van der Waals surface area (Å²) < 4.78 is 1.27. The summed E-state index contributed by atoms with van der Waals surface area (Å²) in [6, 6.07) is 17.6. The second-order valence-electron chi connectivity index (χ2n) is 4.95. The summed E-state index contributed by atoms with van der Waals surface area (Å²) in [7, 11) is 0. The van der Waals surface area contributed by atoms with Gasteiger partial charge in [-0.3, -0.25) is 0 Å². The van der Waals surface area contributed by atoms with Gasteiger partial charge in [0.2, 0.25) is 0 Å². The van der Waals surface area contributed by atoms with Gasteiger partial charge in [0, 0.05) is 26.2 Å². The highest BCUT2D eigenvalue weighted by atomic mass is 127. The van der Waals surface area contributed by atoms with Gasteiger partial charge in [0.1, 0.15) is 0 Å². The van der Waals surface area contributed by atoms with E-state index in [0.29, 0.717) is 5.92 Å². The third-order valence-corrected chi connectivity index (χ3v) is 5.57. The molecule has 0 fully saturated rings. The SMILES string of the molecule is NC(Cc1ccc(I)cc1)C1CSc2ccccc21. The molecule has 0 bridgehead atoms. The fourth-order valence-electron chi connectivity index (χ4n) is 2.58. The van der Waals surface area contributed by atoms with E-state index in [4.69, 9.17) is 5.73 Å². The third kappa shape index (κ3) is 2.98. The van der Waals surface area contributed by atoms with Crippen molar-refractivity contribution in [2.24, 2.45) is 5.73 Å². The van der Waals surface area contributed by atoms with Crippen molar-refractivity contribution in [2.45, 2.75) is 23.3 Å². The second kappa shape index (κ2) is 5.85. The summed E-state index contributed by atoms with van der Waals surface area (Å²) in [4.78, 5) is 1.41. The first-order chi connectivity index (χ1) is 9.24. The maximum Gasteiger partial charge on any atom is 0.0157 e. The van der Waals surface area contributed by atoms with Gasteiger partial charge in [-0.2, -0.15) is 0 Å². The van der Waals surface area contributed by atoms with E-state index >= 15 is 0 Å². The van der Waals surface area contributed by atoms with Crippen LogP contribution in [-0.4, -0.2) is 11.8 Å². The van der Waals surface area contributed by atoms with Crippen molar-refractivity contribution >= 4 is 34.4 Å². The lowest BCUT2D eigenvalue weighted by Crippen LogP contribution is -2.30. The van der Waals surface area contributed by atoms with Gasteiger partial charge in [-0.1, -0.05) is 30.3 Å². The normalized spacial score (nSPS) is 19.2. The van der Waals surface area contributed by atoms with Crippen LogP contribution in [0.5, 0.6) is 0 Å². The molecule has 2 atom stereocenters. The highest BCUT2D eigenvalue weighted by molar-refractivity contribution is 14.1. The van der Waals surface area contributed by atoms with Crippen LogP contribution in [0.4, 0.5) is 0 Å². The Morgan fingerprint density at radius 3 is 2.68 bits per heavy atom. The fraction of sp³-hybridized carbons (Fsp3) is 0.250. The molecular formula is C16H16INS. The van der Waals surface area contributed by atoms with Crippen molar-refractivity contribution in [2.75, 3.05) is 5.75 Å². The summed E-state index contributed by atoms with van der Waals surface area (Å²) in [6.07, 6.45) is 0.955. The summed E-state index contributed by atoms with van der Waals surface area (Å²) in [5, 5.41) is 0. The number of nitrogens with two attached hydrogens (primary N) is 1. The van der Waals surface area contributed by atoms with Crippen LogP contribution in [0.2, 0.25) is 0 Å². The Morgan fingerprint density at radius 2 is 1.89 bits per heavy atom. The molecule has 0 radical (unpaired) electrons. The van der Waals surface area contributed by atoms with E-state index < -0.39 is 0 Å². The van der Waals surface area contributed by atoms with E-state index in [0.717, 1.165) is 12.2 Å². The Labute approximate surface area is 132 Å². The Balaban J connectivity index is 1.75. The zero-order chi connectivity index (χ0) is 13.2. The molecule has 0 amide bonds. The van der Waals surface area contributed by atoms with E-state index in [1.165, 1.54) is 19.6 Å². The Morgan fingerprint density at radius 1 is 1.16 bits per heavy atom. The number of benzene rings is 2. The summed E-state index contributed by atoms with van der Waals surface area (Å²) in [5.74, 6) is 1.60. The first-order valence-electron chi connectivity index (χ1n) is 6.46. The molecule has 2 N–H and O–H groups in total. The standard InChI is InChI=1S/C16H16INS/c17-12-7-5-11(6-8-12)9-15(18)14-10-19-16-4-2-1-3-13(14)16/h1-8,14-15H,9-10,18H2. The van der Waals surface area contributed by atoms with Crippen LogP contribution >= 0.6 is 34.4 Å². The quantitative estimate of drug-likeness (QED) is 0.812. The molecule has 2 aromatic carbocycles. The number of rotatable bonds is 3. The van der Waals surface area contributed by atoms with E-state index in [9.17, 15) is 0 Å². The highest BCUT2D eigenvalue weighted by Gasteiger charge is 2.27. The van der Waals surface area contributed by atoms with Crippen LogP contribution in [0.1, 0.15) is 17.0 Å². The van der Waals surface area contributed by atoms with Crippen LogP contribution in [0.25, 0.3) is 0 Å². The minimum atomic E-state index is 0.205. The summed E-state index contributed by atoms with van der Waals surface area (Å²) in [6.45, 7) is 0. The van der Waals surface area contributed by atoms with E-state index in [-0.39, 0.29) is 6.04 Å². The second-order valence-corrected chi connectivity index (χ2v) is 7.26. The average Bonchev–Trinajstić information content (AvgIpc) is 2.85. The lowest BCUT2D eigenvalue weighted by molar-refractivity contribution is 0.572. The Bertz CT molecular complexity index is 567. The van der Waals surface area contributed by atoms with Crippen molar-refractivity contribution in [3.63, 3.8) is 0 Å². The van der Waals surface area contributed by atoms with Gasteiger partial charge in [-0.25, -0.2) is 0 Å². The van der Waals surface area contributed by atoms with Gasteiger partial charge in [-0.05, 0) is 58.3 Å². The molecule has 2 aromatic rings. The molecule has 19 heavy (non-hydrogen) atoms. The van der Waals surface area contributed by atoms with Crippen molar-refractivity contribution in [1.29, 1.82) is 0 Å². The minimum Gasteiger partial charge on any atom is -0.327 e. The molecule has 0 aliphatic carbocycles. The maximum atomic E-state index is 6.45. The fourth-order valence-corrected chi connectivity index (χ4v) is 4.28. The van der Waals surface area contributed by atoms with Crippen LogP contribution in [-0.2, 0) is 6.42 Å².